The zero-order chi connectivity index (χ0) is 17.0. The molecule has 0 aliphatic rings. The number of aromatic nitrogens is 3. The SMILES string of the molecule is COc1cc(C(=O)NCCc2n[nH]c(=S)n2C)cc(OC)c1Br. The maximum absolute atomic E-state index is 12.3. The molecule has 2 N–H and O–H groups in total. The monoisotopic (exact) mass is 400 g/mol. The molecule has 0 radical (unpaired) electrons. The number of benzene rings is 1. The number of amides is 1. The molecule has 0 saturated carbocycles. The fourth-order valence-corrected chi connectivity index (χ4v) is 2.70. The van der Waals surface area contributed by atoms with Gasteiger partial charge in [0.05, 0.1) is 14.2 Å². The fraction of sp³-hybridized carbons (Fsp3) is 0.357. The lowest BCUT2D eigenvalue weighted by Gasteiger charge is -2.11. The van der Waals surface area contributed by atoms with Gasteiger partial charge in [0.1, 0.15) is 21.8 Å². The standard InChI is InChI=1S/C14H17BrN4O3S/c1-19-11(17-18-14(19)23)4-5-16-13(20)8-6-9(21-2)12(15)10(7-8)22-3/h6-7H,4-5H2,1-3H3,(H,16,20)(H,18,23). The molecule has 0 fully saturated rings. The summed E-state index contributed by atoms with van der Waals surface area (Å²) in [5, 5.41) is 9.65. The molecule has 0 aliphatic heterocycles. The average Bonchev–Trinajstić information content (AvgIpc) is 2.87. The lowest BCUT2D eigenvalue weighted by molar-refractivity contribution is 0.0953. The molecule has 23 heavy (non-hydrogen) atoms. The van der Waals surface area contributed by atoms with Gasteiger partial charge in [0.25, 0.3) is 5.91 Å². The highest BCUT2D eigenvalue weighted by Crippen LogP contribution is 2.35. The molecule has 9 heteroatoms. The predicted molar refractivity (Wildman–Crippen MR) is 91.7 cm³/mol. The second kappa shape index (κ2) is 7.60. The van der Waals surface area contributed by atoms with Crippen molar-refractivity contribution in [1.82, 2.24) is 20.1 Å². The molecular weight excluding hydrogens is 384 g/mol. The van der Waals surface area contributed by atoms with E-state index in [1.54, 1.807) is 16.7 Å². The number of nitrogens with one attached hydrogen (secondary N) is 2. The predicted octanol–water partition coefficient (Wildman–Crippen LogP) is 2.23. The summed E-state index contributed by atoms with van der Waals surface area (Å²) in [4.78, 5) is 12.3. The number of carbonyl (C=O) groups excluding carboxylic acids is 1. The molecule has 0 atom stereocenters. The van der Waals surface area contributed by atoms with E-state index in [-0.39, 0.29) is 5.91 Å². The Labute approximate surface area is 147 Å². The van der Waals surface area contributed by atoms with E-state index in [0.717, 1.165) is 5.82 Å². The number of ether oxygens (including phenoxy) is 2. The van der Waals surface area contributed by atoms with Crippen LogP contribution in [0.25, 0.3) is 0 Å². The Balaban J connectivity index is 2.06. The molecule has 1 aromatic carbocycles. The van der Waals surface area contributed by atoms with Crippen LogP contribution in [-0.4, -0.2) is 41.4 Å². The van der Waals surface area contributed by atoms with E-state index in [4.69, 9.17) is 21.7 Å². The van der Waals surface area contributed by atoms with Gasteiger partial charge in [-0.25, -0.2) is 0 Å². The van der Waals surface area contributed by atoms with Gasteiger partial charge in [0, 0.05) is 25.6 Å². The van der Waals surface area contributed by atoms with Crippen LogP contribution >= 0.6 is 28.1 Å². The van der Waals surface area contributed by atoms with E-state index in [2.05, 4.69) is 31.4 Å². The summed E-state index contributed by atoms with van der Waals surface area (Å²) >= 11 is 8.42. The Kier molecular flexibility index (Phi) is 5.78. The van der Waals surface area contributed by atoms with Crippen LogP contribution < -0.4 is 14.8 Å². The lowest BCUT2D eigenvalue weighted by atomic mass is 10.2. The second-order valence-corrected chi connectivity index (χ2v) is 5.88. The van der Waals surface area contributed by atoms with E-state index in [0.29, 0.717) is 39.3 Å². The second-order valence-electron chi connectivity index (χ2n) is 4.70. The third-order valence-electron chi connectivity index (χ3n) is 3.31. The molecule has 0 aliphatic carbocycles. The summed E-state index contributed by atoms with van der Waals surface area (Å²) in [5.74, 6) is 1.63. The van der Waals surface area contributed by atoms with Gasteiger partial charge >= 0.3 is 0 Å². The fourth-order valence-electron chi connectivity index (χ4n) is 1.99. The highest BCUT2D eigenvalue weighted by atomic mass is 79.9. The first-order valence-corrected chi connectivity index (χ1v) is 7.98. The minimum absolute atomic E-state index is 0.217. The first kappa shape index (κ1) is 17.5. The van der Waals surface area contributed by atoms with Crippen molar-refractivity contribution in [1.29, 1.82) is 0 Å². The van der Waals surface area contributed by atoms with Crippen LogP contribution in [0, 0.1) is 4.77 Å². The van der Waals surface area contributed by atoms with Crippen molar-refractivity contribution in [2.75, 3.05) is 20.8 Å². The molecule has 1 aromatic heterocycles. The smallest absolute Gasteiger partial charge is 0.251 e. The number of H-pyrrole nitrogens is 1. The Morgan fingerprint density at radius 1 is 1.39 bits per heavy atom. The molecule has 1 amide bonds. The van der Waals surface area contributed by atoms with E-state index in [9.17, 15) is 4.79 Å². The minimum atomic E-state index is -0.217. The van der Waals surface area contributed by atoms with Crippen LogP contribution in [0.3, 0.4) is 0 Å². The van der Waals surface area contributed by atoms with E-state index >= 15 is 0 Å². The Morgan fingerprint density at radius 3 is 2.48 bits per heavy atom. The van der Waals surface area contributed by atoms with Crippen molar-refractivity contribution < 1.29 is 14.3 Å². The van der Waals surface area contributed by atoms with Gasteiger partial charge in [-0.3, -0.25) is 9.89 Å². The molecule has 0 bridgehead atoms. The van der Waals surface area contributed by atoms with Gasteiger partial charge in [-0.05, 0) is 40.3 Å². The van der Waals surface area contributed by atoms with Crippen molar-refractivity contribution in [3.8, 4) is 11.5 Å². The van der Waals surface area contributed by atoms with Crippen LogP contribution in [0.15, 0.2) is 16.6 Å². The first-order chi connectivity index (χ1) is 11.0. The Morgan fingerprint density at radius 2 is 2.00 bits per heavy atom. The van der Waals surface area contributed by atoms with Crippen molar-refractivity contribution in [3.05, 3.63) is 32.8 Å². The Hall–Kier alpha value is -1.87. The van der Waals surface area contributed by atoms with Gasteiger partial charge in [-0.1, -0.05) is 0 Å². The van der Waals surface area contributed by atoms with E-state index < -0.39 is 0 Å². The molecule has 0 saturated heterocycles. The van der Waals surface area contributed by atoms with Crippen molar-refractivity contribution in [3.63, 3.8) is 0 Å². The number of carbonyl (C=O) groups is 1. The summed E-state index contributed by atoms with van der Waals surface area (Å²) in [6.45, 7) is 0.437. The highest BCUT2D eigenvalue weighted by Gasteiger charge is 2.14. The number of hydrogen-bond donors (Lipinski definition) is 2. The third kappa shape index (κ3) is 3.91. The summed E-state index contributed by atoms with van der Waals surface area (Å²) in [6, 6.07) is 3.30. The summed E-state index contributed by atoms with van der Waals surface area (Å²) in [6.07, 6.45) is 0.570. The van der Waals surface area contributed by atoms with Gasteiger partial charge in [-0.15, -0.1) is 0 Å². The number of hydrogen-bond acceptors (Lipinski definition) is 5. The van der Waals surface area contributed by atoms with Gasteiger partial charge in [0.2, 0.25) is 0 Å². The normalized spacial score (nSPS) is 10.4. The average molecular weight is 401 g/mol. The molecule has 2 rings (SSSR count). The van der Waals surface area contributed by atoms with Crippen LogP contribution in [0.1, 0.15) is 16.2 Å². The zero-order valence-electron chi connectivity index (χ0n) is 13.0. The zero-order valence-corrected chi connectivity index (χ0v) is 15.4. The largest absolute Gasteiger partial charge is 0.495 e. The summed E-state index contributed by atoms with van der Waals surface area (Å²) < 4.78 is 13.5. The molecule has 124 valence electrons. The van der Waals surface area contributed by atoms with Crippen molar-refractivity contribution in [2.24, 2.45) is 7.05 Å². The summed E-state index contributed by atoms with van der Waals surface area (Å²) in [5.41, 5.74) is 0.456. The van der Waals surface area contributed by atoms with E-state index in [1.165, 1.54) is 14.2 Å². The third-order valence-corrected chi connectivity index (χ3v) is 4.46. The molecule has 2 aromatic rings. The number of methoxy groups -OCH3 is 2. The quantitative estimate of drug-likeness (QED) is 0.726. The van der Waals surface area contributed by atoms with Gasteiger partial charge < -0.3 is 19.4 Å². The minimum Gasteiger partial charge on any atom is -0.495 e. The van der Waals surface area contributed by atoms with Crippen molar-refractivity contribution in [2.45, 2.75) is 6.42 Å². The maximum atomic E-state index is 12.3. The summed E-state index contributed by atoms with van der Waals surface area (Å²) in [7, 11) is 4.89. The van der Waals surface area contributed by atoms with Crippen molar-refractivity contribution >= 4 is 34.1 Å². The Bertz CT molecular complexity index is 747. The van der Waals surface area contributed by atoms with Gasteiger partial charge in [-0.2, -0.15) is 5.10 Å². The van der Waals surface area contributed by atoms with E-state index in [1.807, 2.05) is 7.05 Å². The maximum Gasteiger partial charge on any atom is 0.251 e. The number of rotatable bonds is 6. The lowest BCUT2D eigenvalue weighted by Crippen LogP contribution is -2.26. The molecular formula is C14H17BrN4O3S. The van der Waals surface area contributed by atoms with Crippen LogP contribution in [-0.2, 0) is 13.5 Å². The van der Waals surface area contributed by atoms with Crippen LogP contribution in [0.4, 0.5) is 0 Å². The molecule has 7 nitrogen and oxygen atoms in total. The molecule has 0 spiro atoms. The highest BCUT2D eigenvalue weighted by molar-refractivity contribution is 9.10. The first-order valence-electron chi connectivity index (χ1n) is 6.78. The molecule has 0 unspecified atom stereocenters. The molecule has 1 heterocycles. The number of aromatic amines is 1. The number of halogens is 1. The topological polar surface area (TPSA) is 81.2 Å². The van der Waals surface area contributed by atoms with Gasteiger partial charge in [0.15, 0.2) is 4.77 Å². The van der Waals surface area contributed by atoms with Crippen LogP contribution in [0.2, 0.25) is 0 Å². The number of nitrogens with zero attached hydrogens (tertiary/aromatic N) is 2. The van der Waals surface area contributed by atoms with Crippen LogP contribution in [0.5, 0.6) is 11.5 Å².